The molecule has 0 spiro atoms. The summed E-state index contributed by atoms with van der Waals surface area (Å²) in [5.74, 6) is 0.0442. The highest BCUT2D eigenvalue weighted by molar-refractivity contribution is 6.33. The summed E-state index contributed by atoms with van der Waals surface area (Å²) in [5, 5.41) is 3.76. The summed E-state index contributed by atoms with van der Waals surface area (Å²) in [6.07, 6.45) is 0.333. The summed E-state index contributed by atoms with van der Waals surface area (Å²) in [4.78, 5) is 30.9. The Morgan fingerprint density at radius 2 is 1.72 bits per heavy atom. The van der Waals surface area contributed by atoms with E-state index in [0.717, 1.165) is 35.1 Å². The molecular formula is C22H25ClN4O2. The van der Waals surface area contributed by atoms with E-state index in [1.807, 2.05) is 60.4 Å². The first-order valence-electron chi connectivity index (χ1n) is 9.93. The Morgan fingerprint density at radius 3 is 2.41 bits per heavy atom. The van der Waals surface area contributed by atoms with Crippen LogP contribution in [0.2, 0.25) is 5.02 Å². The van der Waals surface area contributed by atoms with Gasteiger partial charge in [0.2, 0.25) is 5.91 Å². The minimum Gasteiger partial charge on any atom is -0.367 e. The number of anilines is 2. The molecule has 2 aromatic carbocycles. The van der Waals surface area contributed by atoms with Crippen LogP contribution in [0.25, 0.3) is 0 Å². The molecular weight excluding hydrogens is 388 g/mol. The van der Waals surface area contributed by atoms with Crippen molar-refractivity contribution in [3.05, 3.63) is 59.1 Å². The summed E-state index contributed by atoms with van der Waals surface area (Å²) in [5.41, 5.74) is 3.04. The van der Waals surface area contributed by atoms with Gasteiger partial charge in [-0.05, 0) is 31.2 Å². The van der Waals surface area contributed by atoms with Crippen molar-refractivity contribution in [2.45, 2.75) is 19.4 Å². The molecule has 2 aliphatic heterocycles. The van der Waals surface area contributed by atoms with E-state index in [4.69, 9.17) is 11.6 Å². The normalized spacial score (nSPS) is 19.6. The largest absolute Gasteiger partial charge is 0.367 e. The van der Waals surface area contributed by atoms with Gasteiger partial charge in [-0.25, -0.2) is 4.79 Å². The lowest BCUT2D eigenvalue weighted by molar-refractivity contribution is -0.117. The lowest BCUT2D eigenvalue weighted by atomic mass is 10.2. The molecule has 2 heterocycles. The Labute approximate surface area is 176 Å². The fourth-order valence-corrected chi connectivity index (χ4v) is 4.16. The number of piperazine rings is 1. The summed E-state index contributed by atoms with van der Waals surface area (Å²) in [6.45, 7) is 5.24. The van der Waals surface area contributed by atoms with E-state index in [1.54, 1.807) is 4.90 Å². The zero-order valence-electron chi connectivity index (χ0n) is 16.5. The van der Waals surface area contributed by atoms with Crippen LogP contribution in [0.5, 0.6) is 0 Å². The number of carbonyl (C=O) groups excluding carboxylic acids is 2. The lowest BCUT2D eigenvalue weighted by Crippen LogP contribution is -2.54. The number of hydrogen-bond acceptors (Lipinski definition) is 3. The molecule has 7 heteroatoms. The van der Waals surface area contributed by atoms with E-state index in [0.29, 0.717) is 26.1 Å². The van der Waals surface area contributed by atoms with E-state index in [2.05, 4.69) is 10.2 Å². The molecule has 1 N–H and O–H groups in total. The van der Waals surface area contributed by atoms with E-state index < -0.39 is 0 Å². The molecule has 3 amide bonds. The third-order valence-corrected chi connectivity index (χ3v) is 5.88. The second-order valence-corrected chi connectivity index (χ2v) is 8.02. The van der Waals surface area contributed by atoms with Gasteiger partial charge in [0.1, 0.15) is 0 Å². The van der Waals surface area contributed by atoms with Crippen molar-refractivity contribution in [1.29, 1.82) is 0 Å². The minimum atomic E-state index is -0.169. The van der Waals surface area contributed by atoms with Crippen LogP contribution in [0.15, 0.2) is 48.5 Å². The topological polar surface area (TPSA) is 55.9 Å². The summed E-state index contributed by atoms with van der Waals surface area (Å²) in [6, 6.07) is 15.4. The highest BCUT2D eigenvalue weighted by Gasteiger charge is 2.33. The summed E-state index contributed by atoms with van der Waals surface area (Å²) >= 11 is 6.29. The molecule has 1 unspecified atom stereocenters. The third-order valence-electron chi connectivity index (χ3n) is 5.56. The second-order valence-electron chi connectivity index (χ2n) is 7.62. The Hall–Kier alpha value is -2.73. The van der Waals surface area contributed by atoms with Gasteiger partial charge in [-0.3, -0.25) is 4.79 Å². The first-order chi connectivity index (χ1) is 14.0. The number of nitrogens with zero attached hydrogens (tertiary/aromatic N) is 3. The van der Waals surface area contributed by atoms with Crippen molar-refractivity contribution < 1.29 is 9.59 Å². The number of benzene rings is 2. The summed E-state index contributed by atoms with van der Waals surface area (Å²) < 4.78 is 0. The van der Waals surface area contributed by atoms with E-state index in [1.165, 1.54) is 0 Å². The number of rotatable bonds is 3. The Bertz CT molecular complexity index is 894. The van der Waals surface area contributed by atoms with Crippen molar-refractivity contribution in [2.24, 2.45) is 0 Å². The molecule has 29 heavy (non-hydrogen) atoms. The van der Waals surface area contributed by atoms with Crippen LogP contribution in [0.4, 0.5) is 16.2 Å². The number of para-hydroxylation sites is 1. The quantitative estimate of drug-likeness (QED) is 0.841. The highest BCUT2D eigenvalue weighted by Crippen LogP contribution is 2.26. The Morgan fingerprint density at radius 1 is 1.03 bits per heavy atom. The average molecular weight is 413 g/mol. The van der Waals surface area contributed by atoms with Gasteiger partial charge in [0.05, 0.1) is 16.8 Å². The van der Waals surface area contributed by atoms with Gasteiger partial charge in [-0.2, -0.15) is 0 Å². The number of amides is 3. The SMILES string of the molecule is Cc1ccc(N2CC(NC(=O)N3CCN(c4ccccc4Cl)CC3)CC2=O)cc1. The monoisotopic (exact) mass is 412 g/mol. The highest BCUT2D eigenvalue weighted by atomic mass is 35.5. The van der Waals surface area contributed by atoms with Gasteiger partial charge in [-0.15, -0.1) is 0 Å². The molecule has 0 aliphatic carbocycles. The number of nitrogens with one attached hydrogen (secondary N) is 1. The molecule has 2 saturated heterocycles. The summed E-state index contributed by atoms with van der Waals surface area (Å²) in [7, 11) is 0. The van der Waals surface area contributed by atoms with Crippen LogP contribution in [-0.2, 0) is 4.79 Å². The van der Waals surface area contributed by atoms with Crippen molar-refractivity contribution >= 4 is 34.9 Å². The minimum absolute atomic E-state index is 0.0442. The second kappa shape index (κ2) is 8.33. The van der Waals surface area contributed by atoms with Crippen LogP contribution in [-0.4, -0.2) is 55.6 Å². The van der Waals surface area contributed by atoms with E-state index >= 15 is 0 Å². The number of halogens is 1. The zero-order valence-corrected chi connectivity index (χ0v) is 17.2. The van der Waals surface area contributed by atoms with Crippen LogP contribution in [0.3, 0.4) is 0 Å². The number of hydrogen-bond donors (Lipinski definition) is 1. The lowest BCUT2D eigenvalue weighted by Gasteiger charge is -2.36. The molecule has 2 aliphatic rings. The fraction of sp³-hybridized carbons (Fsp3) is 0.364. The average Bonchev–Trinajstić information content (AvgIpc) is 3.09. The molecule has 0 radical (unpaired) electrons. The van der Waals surface area contributed by atoms with Crippen molar-refractivity contribution in [3.8, 4) is 0 Å². The number of urea groups is 1. The van der Waals surface area contributed by atoms with Crippen molar-refractivity contribution in [3.63, 3.8) is 0 Å². The number of aryl methyl sites for hydroxylation is 1. The first-order valence-corrected chi connectivity index (χ1v) is 10.3. The predicted octanol–water partition coefficient (Wildman–Crippen LogP) is 3.29. The van der Waals surface area contributed by atoms with Crippen LogP contribution in [0, 0.1) is 6.92 Å². The maximum atomic E-state index is 12.7. The van der Waals surface area contributed by atoms with Gasteiger partial charge in [-0.1, -0.05) is 41.4 Å². The molecule has 0 saturated carbocycles. The maximum Gasteiger partial charge on any atom is 0.317 e. The van der Waals surface area contributed by atoms with E-state index in [-0.39, 0.29) is 18.0 Å². The van der Waals surface area contributed by atoms with Crippen LogP contribution < -0.4 is 15.1 Å². The first kappa shape index (κ1) is 19.6. The zero-order chi connectivity index (χ0) is 20.4. The van der Waals surface area contributed by atoms with Crippen molar-refractivity contribution in [1.82, 2.24) is 10.2 Å². The van der Waals surface area contributed by atoms with Gasteiger partial charge < -0.3 is 20.0 Å². The number of carbonyl (C=O) groups is 2. The molecule has 6 nitrogen and oxygen atoms in total. The Balaban J connectivity index is 1.31. The molecule has 0 aromatic heterocycles. The predicted molar refractivity (Wildman–Crippen MR) is 116 cm³/mol. The molecule has 2 fully saturated rings. The molecule has 4 rings (SSSR count). The standard InChI is InChI=1S/C22H25ClN4O2/c1-16-6-8-18(9-7-16)27-15-17(14-21(27)28)24-22(29)26-12-10-25(11-13-26)20-5-3-2-4-19(20)23/h2-9,17H,10-15H2,1H3,(H,24,29). The van der Waals surface area contributed by atoms with E-state index in [9.17, 15) is 9.59 Å². The Kier molecular flexibility index (Phi) is 5.62. The van der Waals surface area contributed by atoms with Crippen LogP contribution >= 0.6 is 11.6 Å². The molecule has 2 aromatic rings. The van der Waals surface area contributed by atoms with Gasteiger partial charge in [0.15, 0.2) is 0 Å². The van der Waals surface area contributed by atoms with Gasteiger partial charge >= 0.3 is 6.03 Å². The van der Waals surface area contributed by atoms with Gasteiger partial charge in [0.25, 0.3) is 0 Å². The smallest absolute Gasteiger partial charge is 0.317 e. The van der Waals surface area contributed by atoms with Gasteiger partial charge in [0, 0.05) is 44.8 Å². The molecule has 1 atom stereocenters. The fourth-order valence-electron chi connectivity index (χ4n) is 3.90. The third kappa shape index (κ3) is 4.32. The molecule has 152 valence electrons. The van der Waals surface area contributed by atoms with Crippen LogP contribution in [0.1, 0.15) is 12.0 Å². The van der Waals surface area contributed by atoms with Crippen molar-refractivity contribution in [2.75, 3.05) is 42.5 Å². The maximum absolute atomic E-state index is 12.7. The molecule has 0 bridgehead atoms.